The van der Waals surface area contributed by atoms with Gasteiger partial charge in [-0.05, 0) is 245 Å². The number of nitriles is 1. The summed E-state index contributed by atoms with van der Waals surface area (Å²) in [6, 6.07) is 77.5. The smallest absolute Gasteiger partial charge is 0.812 e. The largest absolute Gasteiger partial charge is 1.00 e. The Morgan fingerprint density at radius 2 is 0.763 bits per heavy atom. The number of fused-ring (bicyclic) bond motifs is 4. The van der Waals surface area contributed by atoms with E-state index < -0.39 is 18.0 Å². The van der Waals surface area contributed by atoms with Gasteiger partial charge >= 0.3 is 53.5 Å². The Morgan fingerprint density at radius 3 is 1.05 bits per heavy atom. The molecule has 0 bridgehead atoms. The molecule has 26 heteroatoms. The molecule has 114 heavy (non-hydrogen) atoms. The maximum absolute atomic E-state index is 11.0. The predicted octanol–water partition coefficient (Wildman–Crippen LogP) is 19.3. The summed E-state index contributed by atoms with van der Waals surface area (Å²) in [5.41, 5.74) is 46.0. The van der Waals surface area contributed by atoms with E-state index in [1.54, 1.807) is 65.2 Å². The first-order valence-electron chi connectivity index (χ1n) is 34.7. The van der Waals surface area contributed by atoms with Crippen molar-refractivity contribution in [3.05, 3.63) is 335 Å². The van der Waals surface area contributed by atoms with Gasteiger partial charge in [0.1, 0.15) is 0 Å². The number of ether oxygens (including phenoxy) is 1. The summed E-state index contributed by atoms with van der Waals surface area (Å²) in [5.74, 6) is -2.05. The molecule has 566 valence electrons. The van der Waals surface area contributed by atoms with Gasteiger partial charge in [0.25, 0.3) is 0 Å². The van der Waals surface area contributed by atoms with Crippen LogP contribution in [-0.2, 0) is 35.2 Å². The van der Waals surface area contributed by atoms with Gasteiger partial charge in [-0.3, -0.25) is 4.79 Å². The summed E-state index contributed by atoms with van der Waals surface area (Å²) in [6.07, 6.45) is 3.54. The third kappa shape index (κ3) is 23.8. The van der Waals surface area contributed by atoms with Crippen molar-refractivity contribution in [3.63, 3.8) is 0 Å². The number of anilines is 3. The number of nitrogens with zero attached hydrogens (tertiary/aromatic N) is 5. The van der Waals surface area contributed by atoms with E-state index in [-0.39, 0.29) is 41.1 Å². The predicted molar refractivity (Wildman–Crippen MR) is 461 cm³/mol. The van der Waals surface area contributed by atoms with Crippen LogP contribution in [-0.4, -0.2) is 60.7 Å². The van der Waals surface area contributed by atoms with Crippen LogP contribution in [0.5, 0.6) is 0 Å². The van der Waals surface area contributed by atoms with Crippen molar-refractivity contribution >= 4 is 173 Å². The molecule has 0 spiro atoms. The van der Waals surface area contributed by atoms with Crippen molar-refractivity contribution in [2.45, 2.75) is 39.5 Å². The number of rotatable bonds is 16. The van der Waals surface area contributed by atoms with Gasteiger partial charge in [-0.2, -0.15) is 0 Å². The Kier molecular flexibility index (Phi) is 30.8. The number of carboxylic acid groups (broad SMARTS) is 2. The fourth-order valence-corrected chi connectivity index (χ4v) is 16.1. The number of nitrogens with two attached hydrogens (primary N) is 3. The second-order valence-electron chi connectivity index (χ2n) is 25.3. The molecule has 0 saturated heterocycles. The Bertz CT molecular complexity index is 6100. The monoisotopic (exact) mass is 1670 g/mol. The molecule has 0 fully saturated rings. The average molecular weight is 1670 g/mol. The molecule has 0 aliphatic heterocycles. The van der Waals surface area contributed by atoms with Crippen LogP contribution in [0.4, 0.5) is 21.3 Å². The van der Waals surface area contributed by atoms with E-state index in [2.05, 4.69) is 96.7 Å². The van der Waals surface area contributed by atoms with Gasteiger partial charge in [0.05, 0.1) is 75.1 Å². The minimum Gasteiger partial charge on any atom is -0.812 e. The summed E-state index contributed by atoms with van der Waals surface area (Å²) < 4.78 is 8.88. The third-order valence-electron chi connectivity index (χ3n) is 17.2. The molecule has 0 saturated carbocycles. The molecule has 0 atom stereocenters. The first kappa shape index (κ1) is 85.4. The topological polar surface area (TPSA) is 306 Å². The number of carbonyl (C=O) groups excluding carboxylic acids is 2. The Hall–Kier alpha value is -11.1. The van der Waals surface area contributed by atoms with Crippen LogP contribution in [0.1, 0.15) is 79.1 Å². The zero-order valence-electron chi connectivity index (χ0n) is 61.3. The number of nitrogen functional groups attached to an aromatic ring is 2. The van der Waals surface area contributed by atoms with Gasteiger partial charge < -0.3 is 42.6 Å². The van der Waals surface area contributed by atoms with Crippen LogP contribution in [0.3, 0.4) is 0 Å². The molecule has 4 heterocycles. The second kappa shape index (κ2) is 41.1. The number of esters is 1. The van der Waals surface area contributed by atoms with Crippen molar-refractivity contribution < 1.29 is 68.8 Å². The summed E-state index contributed by atoms with van der Waals surface area (Å²) in [7, 11) is 0. The summed E-state index contributed by atoms with van der Waals surface area (Å²) in [5, 5.41) is 39.0. The van der Waals surface area contributed by atoms with Crippen molar-refractivity contribution in [2.75, 3.05) is 23.4 Å². The molecule has 16 rings (SSSR count). The van der Waals surface area contributed by atoms with E-state index in [1.165, 1.54) is 39.7 Å². The number of carboxylic acids is 2. The summed E-state index contributed by atoms with van der Waals surface area (Å²) in [6.45, 7) is 3.65. The van der Waals surface area contributed by atoms with Crippen molar-refractivity contribution in [2.24, 2.45) is 5.73 Å². The molecule has 2 amide bonds. The first-order chi connectivity index (χ1) is 54.5. The number of primary amides is 1. The SMILES string of the molecule is CCOC(C)=O.N#C[O-].NC(=O)Nc1ccc(Cc2cc(-c3cccc(Cl)c3)c3ncsc3c2)cc1.Nc1ccc(Cc2cc(-c3cccc(Cl)c3)c3ncsc3c2)cc1.Nc1nc2c(-c3cccc(Cl)c3)cc(Cc3ccc(C(=O)O)cc3)cc2s1.O=C(O)c1ccc(Cc2cc(-c3cccc(Cl)c3)c3ncsc3c2)cc1.[Na+]. The third-order valence-corrected chi connectivity index (χ3v) is 21.3. The van der Waals surface area contributed by atoms with Crippen molar-refractivity contribution in [1.29, 1.82) is 5.26 Å². The minimum absolute atomic E-state index is 0. The van der Waals surface area contributed by atoms with Crippen LogP contribution in [0.2, 0.25) is 20.1 Å². The number of carbonyl (C=O) groups is 4. The number of aromatic carboxylic acids is 2. The standard InChI is InChI=1S/C21H16ClN3OS.C21H15ClN2O2S.C21H14ClNO2S.C20H15ClN2S.C4H8O2.CHNO.Na/c22-16-3-1-2-15(11-16)18-9-14(10-19-20(18)24-12-27-19)8-13-4-6-17(7-5-13)25-21(23)26;22-16-3-1-2-15(11-16)17-9-13(10-18-19(17)24-21(23)27-18)8-12-4-6-14(7-5-12)20(25)26;22-17-3-1-2-16(11-17)18-9-14(10-19-20(18)23-12-26-19)8-13-4-6-15(7-5-13)21(24)25;21-16-3-1-2-15(11-16)18-9-14(10-19-20(18)23-12-24-19)8-13-4-6-17(22)7-5-13;1-3-6-4(2)5;2-1-3;/h1-7,9-12H,8H2,(H3,23,25,26);1-7,9-11H,8H2,(H2,23,24)(H,25,26);1-7,9-12H,8H2,(H,24,25);1-7,9-12H,8,22H2;3H2,1-2H3;3H;/q;;;;;;+1/p-1. The van der Waals surface area contributed by atoms with Gasteiger partial charge in [0.2, 0.25) is 0 Å². The number of aromatic nitrogens is 4. The number of halogens is 4. The molecular formula is C88H68Cl4N9NaO8S4. The number of amides is 2. The molecule has 0 aliphatic carbocycles. The molecular weight excluding hydrogens is 1600 g/mol. The van der Waals surface area contributed by atoms with Crippen LogP contribution in [0, 0.1) is 11.5 Å². The van der Waals surface area contributed by atoms with Crippen molar-refractivity contribution in [3.8, 4) is 50.8 Å². The van der Waals surface area contributed by atoms with Crippen LogP contribution < -0.4 is 57.2 Å². The minimum atomic E-state index is -0.925. The Balaban J connectivity index is 0.000000155. The fraction of sp³-hybridized carbons (Fsp3) is 0.0795. The quantitative estimate of drug-likeness (QED) is 0.0227. The number of thiazole rings is 4. The van der Waals surface area contributed by atoms with Gasteiger partial charge in [-0.25, -0.2) is 39.6 Å². The van der Waals surface area contributed by atoms with E-state index in [0.717, 1.165) is 138 Å². The number of hydrogen-bond donors (Lipinski definition) is 6. The Morgan fingerprint density at radius 1 is 0.456 bits per heavy atom. The molecule has 17 nitrogen and oxygen atoms in total. The molecule has 0 radical (unpaired) electrons. The van der Waals surface area contributed by atoms with E-state index >= 15 is 0 Å². The van der Waals surface area contributed by atoms with Gasteiger partial charge in [0.15, 0.2) is 5.13 Å². The first-order valence-corrected chi connectivity index (χ1v) is 39.6. The zero-order valence-corrected chi connectivity index (χ0v) is 69.6. The Labute approximate surface area is 714 Å². The van der Waals surface area contributed by atoms with E-state index in [0.29, 0.717) is 50.7 Å². The molecule has 9 N–H and O–H groups in total. The van der Waals surface area contributed by atoms with Crippen molar-refractivity contribution in [1.82, 2.24) is 19.9 Å². The van der Waals surface area contributed by atoms with Crippen LogP contribution in [0.15, 0.2) is 259 Å². The number of hydrogen-bond acceptors (Lipinski definition) is 17. The molecule has 12 aromatic carbocycles. The summed E-state index contributed by atoms with van der Waals surface area (Å²) in [4.78, 5) is 60.9. The summed E-state index contributed by atoms with van der Waals surface area (Å²) >= 11 is 31.0. The number of urea groups is 1. The fourth-order valence-electron chi connectivity index (χ4n) is 12.2. The van der Waals surface area contributed by atoms with Gasteiger partial charge in [-0.1, -0.05) is 155 Å². The molecule has 0 aliphatic rings. The van der Waals surface area contributed by atoms with Gasteiger partial charge in [0, 0.05) is 66.9 Å². The van der Waals surface area contributed by atoms with Gasteiger partial charge in [-0.15, -0.1) is 34.0 Å². The van der Waals surface area contributed by atoms with E-state index in [4.69, 9.17) is 84.2 Å². The van der Waals surface area contributed by atoms with Crippen LogP contribution in [0.25, 0.3) is 85.4 Å². The molecule has 4 aromatic heterocycles. The second-order valence-corrected chi connectivity index (χ2v) is 30.7. The van der Waals surface area contributed by atoms with Crippen LogP contribution >= 0.6 is 91.8 Å². The number of nitrogens with one attached hydrogen (secondary N) is 1. The normalized spacial score (nSPS) is 10.5. The van der Waals surface area contributed by atoms with E-state index in [9.17, 15) is 19.2 Å². The zero-order chi connectivity index (χ0) is 80.1. The van der Waals surface area contributed by atoms with E-state index in [1.807, 2.05) is 168 Å². The maximum atomic E-state index is 11.0. The number of benzene rings is 12. The average Bonchev–Trinajstić information content (AvgIpc) is 1.50. The maximum Gasteiger partial charge on any atom is 1.00 e. The molecule has 0 unspecified atom stereocenters. The molecule has 16 aromatic rings.